The number of halogens is 2. The van der Waals surface area contributed by atoms with Gasteiger partial charge in [-0.1, -0.05) is 12.1 Å². The zero-order valence-electron chi connectivity index (χ0n) is 13.7. The lowest BCUT2D eigenvalue weighted by Crippen LogP contribution is -2.32. The molecule has 0 aliphatic rings. The number of hydrogen-bond donors (Lipinski definition) is 0. The number of aromatic nitrogens is 1. The van der Waals surface area contributed by atoms with Crippen molar-refractivity contribution in [2.75, 3.05) is 7.05 Å². The highest BCUT2D eigenvalue weighted by atomic mass is 19.1. The van der Waals surface area contributed by atoms with Crippen molar-refractivity contribution in [1.29, 1.82) is 0 Å². The molecule has 0 bridgehead atoms. The van der Waals surface area contributed by atoms with Crippen LogP contribution in [0.15, 0.2) is 59.5 Å². The van der Waals surface area contributed by atoms with Crippen LogP contribution in [0, 0.1) is 18.6 Å². The van der Waals surface area contributed by atoms with Crippen LogP contribution in [0.4, 0.5) is 8.78 Å². The molecule has 0 aliphatic carbocycles. The van der Waals surface area contributed by atoms with E-state index in [9.17, 15) is 13.6 Å². The maximum absolute atomic E-state index is 14.4. The third kappa shape index (κ3) is 3.28. The maximum Gasteiger partial charge on any atom is 0.257 e. The van der Waals surface area contributed by atoms with Crippen molar-refractivity contribution in [2.45, 2.75) is 13.0 Å². The number of carbonyl (C=O) groups is 1. The third-order valence-electron chi connectivity index (χ3n) is 4.05. The lowest BCUT2D eigenvalue weighted by Gasteiger charge is -2.29. The Balaban J connectivity index is 2.08. The Morgan fingerprint density at radius 3 is 2.64 bits per heavy atom. The predicted molar refractivity (Wildman–Crippen MR) is 88.0 cm³/mol. The highest BCUT2D eigenvalue weighted by Gasteiger charge is 2.28. The first kappa shape index (κ1) is 16.8. The summed E-state index contributed by atoms with van der Waals surface area (Å²) in [5, 5.41) is 0. The highest BCUT2D eigenvalue weighted by Crippen LogP contribution is 2.31. The first-order valence-corrected chi connectivity index (χ1v) is 7.65. The van der Waals surface area contributed by atoms with E-state index in [1.54, 1.807) is 44.6 Å². The number of amides is 1. The Morgan fingerprint density at radius 1 is 1.24 bits per heavy atom. The number of hydrogen-bond acceptors (Lipinski definition) is 3. The van der Waals surface area contributed by atoms with Gasteiger partial charge in [0.25, 0.3) is 5.91 Å². The van der Waals surface area contributed by atoms with Gasteiger partial charge in [-0.15, -0.1) is 0 Å². The number of benzene rings is 1. The lowest BCUT2D eigenvalue weighted by molar-refractivity contribution is 0.0751. The molecule has 3 aromatic rings. The summed E-state index contributed by atoms with van der Waals surface area (Å²) in [6, 6.07) is 7.57. The summed E-state index contributed by atoms with van der Waals surface area (Å²) in [5.41, 5.74) is 1.19. The van der Waals surface area contributed by atoms with Gasteiger partial charge in [0.05, 0.1) is 17.9 Å². The molecule has 3 rings (SSSR count). The van der Waals surface area contributed by atoms with Crippen LogP contribution in [0.1, 0.15) is 33.3 Å². The molecule has 0 radical (unpaired) electrons. The zero-order valence-corrected chi connectivity index (χ0v) is 13.7. The molecule has 25 heavy (non-hydrogen) atoms. The van der Waals surface area contributed by atoms with Crippen molar-refractivity contribution in [3.8, 4) is 0 Å². The Morgan fingerprint density at radius 2 is 2.04 bits per heavy atom. The zero-order chi connectivity index (χ0) is 18.0. The molecular formula is C19H16F2N2O2. The Kier molecular flexibility index (Phi) is 4.61. The topological polar surface area (TPSA) is 46.3 Å². The summed E-state index contributed by atoms with van der Waals surface area (Å²) in [4.78, 5) is 18.3. The minimum atomic E-state index is -0.754. The van der Waals surface area contributed by atoms with Gasteiger partial charge in [-0.25, -0.2) is 8.78 Å². The SMILES string of the molecule is Cc1occc1C(=O)N(C)[C@@H](c1cccnc1)c1ccc(F)cc1F. The highest BCUT2D eigenvalue weighted by molar-refractivity contribution is 5.95. The molecule has 0 unspecified atom stereocenters. The van der Waals surface area contributed by atoms with Crippen LogP contribution >= 0.6 is 0 Å². The van der Waals surface area contributed by atoms with Crippen molar-refractivity contribution >= 4 is 5.91 Å². The molecule has 2 aromatic heterocycles. The molecule has 0 aliphatic heterocycles. The minimum absolute atomic E-state index is 0.186. The van der Waals surface area contributed by atoms with Gasteiger partial charge >= 0.3 is 0 Å². The lowest BCUT2D eigenvalue weighted by atomic mass is 9.97. The molecule has 6 heteroatoms. The van der Waals surface area contributed by atoms with E-state index in [4.69, 9.17) is 4.42 Å². The summed E-state index contributed by atoms with van der Waals surface area (Å²) in [6.45, 7) is 1.68. The van der Waals surface area contributed by atoms with E-state index in [1.165, 1.54) is 23.3 Å². The Hall–Kier alpha value is -3.02. The second-order valence-corrected chi connectivity index (χ2v) is 5.66. The van der Waals surface area contributed by atoms with Crippen molar-refractivity contribution < 1.29 is 18.0 Å². The van der Waals surface area contributed by atoms with E-state index >= 15 is 0 Å². The smallest absolute Gasteiger partial charge is 0.257 e. The molecule has 0 saturated carbocycles. The van der Waals surface area contributed by atoms with Crippen molar-refractivity contribution in [3.05, 3.63) is 89.1 Å². The standard InChI is InChI=1S/C19H16F2N2O2/c1-12-15(7-9-25-12)19(24)23(2)18(13-4-3-8-22-11-13)16-6-5-14(20)10-17(16)21/h3-11,18H,1-2H3/t18-/m0/s1. The molecular weight excluding hydrogens is 326 g/mol. The van der Waals surface area contributed by atoms with Gasteiger partial charge in [-0.3, -0.25) is 9.78 Å². The fourth-order valence-corrected chi connectivity index (χ4v) is 2.79. The van der Waals surface area contributed by atoms with E-state index in [0.29, 0.717) is 16.9 Å². The van der Waals surface area contributed by atoms with Crippen LogP contribution in [0.5, 0.6) is 0 Å². The number of rotatable bonds is 4. The van der Waals surface area contributed by atoms with Crippen molar-refractivity contribution in [3.63, 3.8) is 0 Å². The number of pyridine rings is 1. The van der Waals surface area contributed by atoms with Gasteiger partial charge in [0, 0.05) is 31.1 Å². The Bertz CT molecular complexity index is 893. The largest absolute Gasteiger partial charge is 0.469 e. The summed E-state index contributed by atoms with van der Waals surface area (Å²) in [7, 11) is 1.56. The van der Waals surface area contributed by atoms with Crippen LogP contribution in [0.25, 0.3) is 0 Å². The maximum atomic E-state index is 14.4. The van der Waals surface area contributed by atoms with E-state index in [1.807, 2.05) is 0 Å². The van der Waals surface area contributed by atoms with Gasteiger partial charge in [0.15, 0.2) is 0 Å². The molecule has 0 spiro atoms. The molecule has 1 atom stereocenters. The van der Waals surface area contributed by atoms with Crippen LogP contribution in [0.3, 0.4) is 0 Å². The summed E-state index contributed by atoms with van der Waals surface area (Å²) < 4.78 is 32.9. The van der Waals surface area contributed by atoms with E-state index in [2.05, 4.69) is 4.98 Å². The summed E-state index contributed by atoms with van der Waals surface area (Å²) in [5.74, 6) is -1.26. The number of aryl methyl sites for hydroxylation is 1. The fourth-order valence-electron chi connectivity index (χ4n) is 2.79. The van der Waals surface area contributed by atoms with Crippen LogP contribution in [-0.2, 0) is 0 Å². The number of furan rings is 1. The first-order chi connectivity index (χ1) is 12.0. The van der Waals surface area contributed by atoms with E-state index < -0.39 is 17.7 Å². The predicted octanol–water partition coefficient (Wildman–Crippen LogP) is 4.12. The normalized spacial score (nSPS) is 12.0. The molecule has 0 saturated heterocycles. The van der Waals surface area contributed by atoms with Crippen molar-refractivity contribution in [1.82, 2.24) is 9.88 Å². The third-order valence-corrected chi connectivity index (χ3v) is 4.05. The van der Waals surface area contributed by atoms with Crippen LogP contribution in [0.2, 0.25) is 0 Å². The molecule has 4 nitrogen and oxygen atoms in total. The second-order valence-electron chi connectivity index (χ2n) is 5.66. The minimum Gasteiger partial charge on any atom is -0.469 e. The molecule has 1 amide bonds. The van der Waals surface area contributed by atoms with E-state index in [-0.39, 0.29) is 11.5 Å². The molecule has 2 heterocycles. The summed E-state index contributed by atoms with van der Waals surface area (Å²) >= 11 is 0. The fraction of sp³-hybridized carbons (Fsp3) is 0.158. The van der Waals surface area contributed by atoms with Gasteiger partial charge in [0.2, 0.25) is 0 Å². The quantitative estimate of drug-likeness (QED) is 0.716. The van der Waals surface area contributed by atoms with Gasteiger partial charge in [-0.2, -0.15) is 0 Å². The average molecular weight is 342 g/mol. The molecule has 1 aromatic carbocycles. The second kappa shape index (κ2) is 6.84. The van der Waals surface area contributed by atoms with Crippen LogP contribution < -0.4 is 0 Å². The number of carbonyl (C=O) groups excluding carboxylic acids is 1. The summed E-state index contributed by atoms with van der Waals surface area (Å²) in [6.07, 6.45) is 4.57. The Labute approximate surface area is 143 Å². The van der Waals surface area contributed by atoms with Crippen molar-refractivity contribution in [2.24, 2.45) is 0 Å². The number of nitrogens with zero attached hydrogens (tertiary/aromatic N) is 2. The molecule has 0 fully saturated rings. The molecule has 128 valence electrons. The molecule has 0 N–H and O–H groups in total. The van der Waals surface area contributed by atoms with Gasteiger partial charge < -0.3 is 9.32 Å². The van der Waals surface area contributed by atoms with Crippen LogP contribution in [-0.4, -0.2) is 22.8 Å². The average Bonchev–Trinajstić information content (AvgIpc) is 3.03. The first-order valence-electron chi connectivity index (χ1n) is 7.65. The van der Waals surface area contributed by atoms with Gasteiger partial charge in [0.1, 0.15) is 17.4 Å². The monoisotopic (exact) mass is 342 g/mol. The van der Waals surface area contributed by atoms with Gasteiger partial charge in [-0.05, 0) is 30.7 Å². The van der Waals surface area contributed by atoms with E-state index in [0.717, 1.165) is 6.07 Å².